The molecule has 0 saturated carbocycles. The Morgan fingerprint density at radius 3 is 2.07 bits per heavy atom. The first-order chi connectivity index (χ1) is 7.29. The third-order valence-corrected chi connectivity index (χ3v) is 2.14. The lowest BCUT2D eigenvalue weighted by Crippen LogP contribution is -2.11. The Bertz CT molecular complexity index is 386. The summed E-state index contributed by atoms with van der Waals surface area (Å²) in [6, 6.07) is 9.41. The van der Waals surface area contributed by atoms with Gasteiger partial charge < -0.3 is 0 Å². The van der Waals surface area contributed by atoms with Crippen LogP contribution >= 0.6 is 0 Å². The minimum atomic E-state index is -0.734. The molecule has 0 aromatic heterocycles. The maximum absolute atomic E-state index is 10.1. The molecule has 0 fully saturated rings. The van der Waals surface area contributed by atoms with Crippen molar-refractivity contribution in [2.75, 3.05) is 0 Å². The molecule has 1 aromatic carbocycles. The Labute approximate surface area is 87.4 Å². The van der Waals surface area contributed by atoms with Gasteiger partial charge in [0, 0.05) is 5.92 Å². The average molecular weight is 202 g/mol. The van der Waals surface area contributed by atoms with Crippen molar-refractivity contribution in [1.82, 2.24) is 0 Å². The van der Waals surface area contributed by atoms with Crippen LogP contribution < -0.4 is 0 Å². The molecule has 0 aliphatic carbocycles. The highest BCUT2D eigenvalue weighted by molar-refractivity contribution is 5.38. The van der Waals surface area contributed by atoms with Crippen LogP contribution in [0, 0.1) is 0 Å². The molecule has 4 nitrogen and oxygen atoms in total. The lowest BCUT2D eigenvalue weighted by Gasteiger charge is -2.13. The van der Waals surface area contributed by atoms with Crippen molar-refractivity contribution in [3.63, 3.8) is 0 Å². The normalized spacial score (nSPS) is 13.1. The van der Waals surface area contributed by atoms with Crippen molar-refractivity contribution in [1.29, 1.82) is 0 Å². The summed E-state index contributed by atoms with van der Waals surface area (Å²) in [5.74, 6) is -0.144. The van der Waals surface area contributed by atoms with Gasteiger partial charge in [-0.2, -0.15) is 9.98 Å². The smallest absolute Gasteiger partial charge is 0.211 e. The molecule has 1 atom stereocenters. The second-order valence-corrected chi connectivity index (χ2v) is 3.05. The Balaban J connectivity index is 2.95. The van der Waals surface area contributed by atoms with Crippen LogP contribution in [0.15, 0.2) is 40.3 Å². The van der Waals surface area contributed by atoms with E-state index in [0.717, 1.165) is 5.56 Å². The maximum Gasteiger partial charge on any atom is 0.237 e. The van der Waals surface area contributed by atoms with Gasteiger partial charge in [-0.25, -0.2) is 9.59 Å². The first-order valence-corrected chi connectivity index (χ1v) is 4.48. The van der Waals surface area contributed by atoms with Crippen molar-refractivity contribution in [2.45, 2.75) is 19.0 Å². The topological polar surface area (TPSA) is 58.9 Å². The minimum Gasteiger partial charge on any atom is -0.211 e. The van der Waals surface area contributed by atoms with Crippen molar-refractivity contribution in [2.24, 2.45) is 9.98 Å². The van der Waals surface area contributed by atoms with Gasteiger partial charge in [-0.1, -0.05) is 37.3 Å². The highest BCUT2D eigenvalue weighted by Crippen LogP contribution is 2.21. The molecule has 1 aromatic rings. The van der Waals surface area contributed by atoms with E-state index in [1.165, 1.54) is 12.2 Å². The number of aliphatic imine (C=N–C) groups is 2. The van der Waals surface area contributed by atoms with E-state index in [1.54, 1.807) is 0 Å². The SMILES string of the molecule is CC(c1ccccc1)C(N=C=O)N=C=O. The molecule has 1 unspecified atom stereocenters. The largest absolute Gasteiger partial charge is 0.237 e. The number of benzene rings is 1. The molecule has 0 N–H and O–H groups in total. The van der Waals surface area contributed by atoms with E-state index in [1.807, 2.05) is 37.3 Å². The van der Waals surface area contributed by atoms with Gasteiger partial charge in [0.15, 0.2) is 6.17 Å². The monoisotopic (exact) mass is 202 g/mol. The fourth-order valence-corrected chi connectivity index (χ4v) is 1.29. The quantitative estimate of drug-likeness (QED) is 0.552. The number of isocyanates is 2. The summed E-state index contributed by atoms with van der Waals surface area (Å²) in [5, 5.41) is 0. The summed E-state index contributed by atoms with van der Waals surface area (Å²) in [4.78, 5) is 27.2. The van der Waals surface area contributed by atoms with Crippen LogP contribution in [-0.2, 0) is 9.59 Å². The second kappa shape index (κ2) is 5.66. The number of nitrogens with zero attached hydrogens (tertiary/aromatic N) is 2. The average Bonchev–Trinajstić information content (AvgIpc) is 2.29. The van der Waals surface area contributed by atoms with Crippen molar-refractivity contribution in [3.8, 4) is 0 Å². The molecule has 15 heavy (non-hydrogen) atoms. The summed E-state index contributed by atoms with van der Waals surface area (Å²) in [7, 11) is 0. The Kier molecular flexibility index (Phi) is 4.17. The van der Waals surface area contributed by atoms with E-state index in [9.17, 15) is 9.59 Å². The Morgan fingerprint density at radius 2 is 1.60 bits per heavy atom. The van der Waals surface area contributed by atoms with Gasteiger partial charge in [0.2, 0.25) is 12.2 Å². The van der Waals surface area contributed by atoms with Crippen LogP contribution in [-0.4, -0.2) is 18.3 Å². The number of rotatable bonds is 4. The van der Waals surface area contributed by atoms with Crippen molar-refractivity contribution in [3.05, 3.63) is 35.9 Å². The Morgan fingerprint density at radius 1 is 1.07 bits per heavy atom. The lowest BCUT2D eigenvalue weighted by atomic mass is 9.99. The first-order valence-electron chi connectivity index (χ1n) is 4.48. The van der Waals surface area contributed by atoms with Crippen LogP contribution in [0.3, 0.4) is 0 Å². The highest BCUT2D eigenvalue weighted by Gasteiger charge is 2.16. The maximum atomic E-state index is 10.1. The lowest BCUT2D eigenvalue weighted by molar-refractivity contribution is 0.531. The fourth-order valence-electron chi connectivity index (χ4n) is 1.29. The van der Waals surface area contributed by atoms with E-state index in [0.29, 0.717) is 0 Å². The van der Waals surface area contributed by atoms with Crippen LogP contribution in [0.4, 0.5) is 0 Å². The van der Waals surface area contributed by atoms with E-state index in [2.05, 4.69) is 9.98 Å². The molecule has 0 bridgehead atoms. The molecule has 1 rings (SSSR count). The number of hydrogen-bond donors (Lipinski definition) is 0. The Hall–Kier alpha value is -2.02. The molecular weight excluding hydrogens is 192 g/mol. The number of hydrogen-bond acceptors (Lipinski definition) is 4. The summed E-state index contributed by atoms with van der Waals surface area (Å²) in [5.41, 5.74) is 0.959. The number of carbonyl (C=O) groups excluding carboxylic acids is 2. The zero-order valence-corrected chi connectivity index (χ0v) is 8.25. The van der Waals surface area contributed by atoms with Crippen LogP contribution in [0.25, 0.3) is 0 Å². The van der Waals surface area contributed by atoms with Gasteiger partial charge in [0.1, 0.15) is 0 Å². The molecule has 0 aliphatic rings. The molecule has 0 amide bonds. The zero-order chi connectivity index (χ0) is 11.1. The third kappa shape index (κ3) is 2.99. The van der Waals surface area contributed by atoms with Gasteiger partial charge in [-0.05, 0) is 5.56 Å². The van der Waals surface area contributed by atoms with Crippen molar-refractivity contribution >= 4 is 12.2 Å². The minimum absolute atomic E-state index is 0.144. The fraction of sp³-hybridized carbons (Fsp3) is 0.273. The highest BCUT2D eigenvalue weighted by atomic mass is 16.1. The summed E-state index contributed by atoms with van der Waals surface area (Å²) in [6.45, 7) is 1.84. The van der Waals surface area contributed by atoms with Gasteiger partial charge in [0.05, 0.1) is 0 Å². The molecule has 0 radical (unpaired) electrons. The molecule has 0 aliphatic heterocycles. The molecule has 4 heteroatoms. The predicted octanol–water partition coefficient (Wildman–Crippen LogP) is 1.79. The summed E-state index contributed by atoms with van der Waals surface area (Å²) >= 11 is 0. The molecule has 0 spiro atoms. The van der Waals surface area contributed by atoms with Gasteiger partial charge in [-0.3, -0.25) is 0 Å². The van der Waals surface area contributed by atoms with Gasteiger partial charge in [-0.15, -0.1) is 0 Å². The third-order valence-electron chi connectivity index (χ3n) is 2.14. The van der Waals surface area contributed by atoms with Gasteiger partial charge >= 0.3 is 0 Å². The van der Waals surface area contributed by atoms with Crippen molar-refractivity contribution < 1.29 is 9.59 Å². The first kappa shape index (κ1) is 11.1. The van der Waals surface area contributed by atoms with E-state index < -0.39 is 6.17 Å². The standard InChI is InChI=1S/C11H10N2O2/c1-9(10-5-3-2-4-6-10)11(12-7-14)13-8-15/h2-6,9,11H,1H3. The van der Waals surface area contributed by atoms with E-state index >= 15 is 0 Å². The van der Waals surface area contributed by atoms with Crippen LogP contribution in [0.2, 0.25) is 0 Å². The van der Waals surface area contributed by atoms with E-state index in [-0.39, 0.29) is 5.92 Å². The summed E-state index contributed by atoms with van der Waals surface area (Å²) < 4.78 is 0. The molecule has 76 valence electrons. The zero-order valence-electron chi connectivity index (χ0n) is 8.25. The van der Waals surface area contributed by atoms with Gasteiger partial charge in [0.25, 0.3) is 0 Å². The molecule has 0 saturated heterocycles. The van der Waals surface area contributed by atoms with Crippen LogP contribution in [0.5, 0.6) is 0 Å². The second-order valence-electron chi connectivity index (χ2n) is 3.05. The molecule has 0 heterocycles. The van der Waals surface area contributed by atoms with Crippen LogP contribution in [0.1, 0.15) is 18.4 Å². The molecular formula is C11H10N2O2. The predicted molar refractivity (Wildman–Crippen MR) is 54.9 cm³/mol. The summed E-state index contributed by atoms with van der Waals surface area (Å²) in [6.07, 6.45) is 2.08. The van der Waals surface area contributed by atoms with E-state index in [4.69, 9.17) is 0 Å².